The Morgan fingerprint density at radius 1 is 1.12 bits per heavy atom. The van der Waals surface area contributed by atoms with Crippen molar-refractivity contribution in [2.24, 2.45) is 5.14 Å². The fourth-order valence-corrected chi connectivity index (χ4v) is 4.44. The van der Waals surface area contributed by atoms with Crippen molar-refractivity contribution in [3.8, 4) is 0 Å². The van der Waals surface area contributed by atoms with E-state index in [2.05, 4.69) is 5.32 Å². The highest BCUT2D eigenvalue weighted by molar-refractivity contribution is 8.03. The molecular formula is C17H14N4O3S2. The number of nitrogens with two attached hydrogens (primary N) is 1. The van der Waals surface area contributed by atoms with Gasteiger partial charge >= 0.3 is 0 Å². The van der Waals surface area contributed by atoms with E-state index in [4.69, 9.17) is 10.5 Å². The third kappa shape index (κ3) is 2.79. The van der Waals surface area contributed by atoms with Crippen LogP contribution >= 0.6 is 11.8 Å². The monoisotopic (exact) mass is 386 g/mol. The van der Waals surface area contributed by atoms with Gasteiger partial charge in [0.2, 0.25) is 15.9 Å². The third-order valence-electron chi connectivity index (χ3n) is 4.13. The van der Waals surface area contributed by atoms with Crippen LogP contribution in [0.3, 0.4) is 0 Å². The van der Waals surface area contributed by atoms with Gasteiger partial charge in [0.1, 0.15) is 5.84 Å². The first-order valence-electron chi connectivity index (χ1n) is 7.66. The summed E-state index contributed by atoms with van der Waals surface area (Å²) in [5.74, 6) is -0.152. The molecule has 1 fully saturated rings. The summed E-state index contributed by atoms with van der Waals surface area (Å²) in [6.45, 7) is 0. The number of hydrogen-bond acceptors (Lipinski definition) is 6. The van der Waals surface area contributed by atoms with Crippen LogP contribution in [0.25, 0.3) is 0 Å². The lowest BCUT2D eigenvalue weighted by atomic mass is 10.2. The van der Waals surface area contributed by atoms with E-state index in [9.17, 15) is 13.2 Å². The van der Waals surface area contributed by atoms with Crippen LogP contribution in [0.5, 0.6) is 0 Å². The molecule has 2 heterocycles. The number of benzene rings is 2. The lowest BCUT2D eigenvalue weighted by Crippen LogP contribution is -2.28. The Morgan fingerprint density at radius 3 is 2.46 bits per heavy atom. The summed E-state index contributed by atoms with van der Waals surface area (Å²) in [6, 6.07) is 13.4. The van der Waals surface area contributed by atoms with E-state index in [1.165, 1.54) is 40.9 Å². The van der Waals surface area contributed by atoms with E-state index in [1.54, 1.807) is 0 Å². The Labute approximate surface area is 154 Å². The van der Waals surface area contributed by atoms with Crippen LogP contribution < -0.4 is 15.4 Å². The van der Waals surface area contributed by atoms with Crippen LogP contribution in [-0.4, -0.2) is 20.2 Å². The lowest BCUT2D eigenvalue weighted by molar-refractivity contribution is -0.116. The van der Waals surface area contributed by atoms with E-state index < -0.39 is 10.0 Å². The van der Waals surface area contributed by atoms with E-state index in [-0.39, 0.29) is 23.1 Å². The van der Waals surface area contributed by atoms with Gasteiger partial charge in [0.05, 0.1) is 27.7 Å². The molecule has 0 bridgehead atoms. The molecule has 2 aromatic carbocycles. The second kappa shape index (κ2) is 5.97. The predicted molar refractivity (Wildman–Crippen MR) is 101 cm³/mol. The van der Waals surface area contributed by atoms with E-state index in [1.807, 2.05) is 24.3 Å². The number of anilines is 2. The first-order chi connectivity index (χ1) is 12.3. The predicted octanol–water partition coefficient (Wildman–Crippen LogP) is 2.48. The zero-order chi connectivity index (χ0) is 18.5. The van der Waals surface area contributed by atoms with Gasteiger partial charge in [-0.3, -0.25) is 15.1 Å². The first kappa shape index (κ1) is 16.8. The first-order valence-corrected chi connectivity index (χ1v) is 10.0. The number of fused-ring (bicyclic) bond motifs is 1. The SMILES string of the molecule is N=C1C(=C2Nc3ccccc3S2)CC(=O)N1c1ccc(S(N)(=O)=O)cc1. The Hall–Kier alpha value is -2.62. The zero-order valence-corrected chi connectivity index (χ0v) is 15.0. The zero-order valence-electron chi connectivity index (χ0n) is 13.4. The van der Waals surface area contributed by atoms with Crippen LogP contribution in [0.15, 0.2) is 68.9 Å². The number of rotatable bonds is 2. The maximum atomic E-state index is 12.5. The number of carbonyl (C=O) groups excluding carboxylic acids is 1. The van der Waals surface area contributed by atoms with E-state index in [0.717, 1.165) is 15.6 Å². The molecule has 0 unspecified atom stereocenters. The third-order valence-corrected chi connectivity index (χ3v) is 6.19. The van der Waals surface area contributed by atoms with Crippen molar-refractivity contribution in [2.75, 3.05) is 10.2 Å². The van der Waals surface area contributed by atoms with Gasteiger partial charge < -0.3 is 5.32 Å². The van der Waals surface area contributed by atoms with Crippen molar-refractivity contribution in [3.05, 3.63) is 59.1 Å². The van der Waals surface area contributed by atoms with Gasteiger partial charge in [-0.25, -0.2) is 13.6 Å². The van der Waals surface area contributed by atoms with Crippen molar-refractivity contribution in [3.63, 3.8) is 0 Å². The molecule has 0 saturated carbocycles. The van der Waals surface area contributed by atoms with Gasteiger partial charge in [0, 0.05) is 10.5 Å². The Bertz CT molecular complexity index is 1050. The van der Waals surface area contributed by atoms with Gasteiger partial charge in [-0.2, -0.15) is 0 Å². The number of nitrogens with zero attached hydrogens (tertiary/aromatic N) is 1. The molecule has 4 rings (SSSR count). The molecule has 0 aliphatic carbocycles. The highest BCUT2D eigenvalue weighted by Crippen LogP contribution is 2.44. The smallest absolute Gasteiger partial charge is 0.238 e. The van der Waals surface area contributed by atoms with Gasteiger partial charge in [-0.15, -0.1) is 0 Å². The molecule has 4 N–H and O–H groups in total. The molecular weight excluding hydrogens is 372 g/mol. The fourth-order valence-electron chi connectivity index (χ4n) is 2.87. The molecule has 2 aromatic rings. The number of thioether (sulfide) groups is 1. The maximum absolute atomic E-state index is 12.5. The normalized spacial score (nSPS) is 19.7. The highest BCUT2D eigenvalue weighted by Gasteiger charge is 2.36. The van der Waals surface area contributed by atoms with Crippen LogP contribution in [0.1, 0.15) is 6.42 Å². The van der Waals surface area contributed by atoms with Gasteiger partial charge in [-0.05, 0) is 36.4 Å². The Kier molecular flexibility index (Phi) is 3.87. The number of nitrogens with one attached hydrogen (secondary N) is 2. The molecule has 0 radical (unpaired) electrons. The van der Waals surface area contributed by atoms with Crippen molar-refractivity contribution in [1.29, 1.82) is 5.41 Å². The lowest BCUT2D eigenvalue weighted by Gasteiger charge is -2.16. The van der Waals surface area contributed by atoms with Crippen LogP contribution in [0.4, 0.5) is 11.4 Å². The summed E-state index contributed by atoms with van der Waals surface area (Å²) >= 11 is 1.50. The average molecular weight is 386 g/mol. The second-order valence-electron chi connectivity index (χ2n) is 5.82. The molecule has 2 aliphatic heterocycles. The minimum atomic E-state index is -3.80. The van der Waals surface area contributed by atoms with Gasteiger partial charge in [0.25, 0.3) is 0 Å². The summed E-state index contributed by atoms with van der Waals surface area (Å²) < 4.78 is 22.7. The van der Waals surface area contributed by atoms with Crippen molar-refractivity contribution in [1.82, 2.24) is 0 Å². The van der Waals surface area contributed by atoms with E-state index >= 15 is 0 Å². The quantitative estimate of drug-likeness (QED) is 0.733. The van der Waals surface area contributed by atoms with E-state index in [0.29, 0.717) is 11.3 Å². The van der Waals surface area contributed by atoms with Gasteiger partial charge in [-0.1, -0.05) is 23.9 Å². The number of primary sulfonamides is 1. The molecule has 0 aromatic heterocycles. The van der Waals surface area contributed by atoms with Crippen molar-refractivity contribution >= 4 is 44.9 Å². The minimum absolute atomic E-state index is 0.0403. The molecule has 9 heteroatoms. The number of amides is 1. The fraction of sp³-hybridized carbons (Fsp3) is 0.0588. The highest BCUT2D eigenvalue weighted by atomic mass is 32.2. The summed E-state index contributed by atoms with van der Waals surface area (Å²) in [5, 5.41) is 17.5. The van der Waals surface area contributed by atoms with Crippen LogP contribution in [0, 0.1) is 5.41 Å². The summed E-state index contributed by atoms with van der Waals surface area (Å²) in [6.07, 6.45) is 0.110. The topological polar surface area (TPSA) is 116 Å². The maximum Gasteiger partial charge on any atom is 0.238 e. The van der Waals surface area contributed by atoms with Crippen molar-refractivity contribution in [2.45, 2.75) is 16.2 Å². The molecule has 132 valence electrons. The Balaban J connectivity index is 1.66. The summed E-state index contributed by atoms with van der Waals surface area (Å²) in [5.41, 5.74) is 2.01. The molecule has 7 nitrogen and oxygen atoms in total. The number of amidine groups is 1. The summed E-state index contributed by atoms with van der Waals surface area (Å²) in [7, 11) is -3.80. The minimum Gasteiger partial charge on any atom is -0.349 e. The van der Waals surface area contributed by atoms with Crippen molar-refractivity contribution < 1.29 is 13.2 Å². The standard InChI is InChI=1S/C17H14N4O3S2/c18-16-12(17-20-13-3-1-2-4-14(13)25-17)9-15(22)21(16)10-5-7-11(8-6-10)26(19,23)24/h1-8,18,20H,9H2,(H2,19,23,24). The molecule has 2 aliphatic rings. The van der Waals surface area contributed by atoms with Crippen LogP contribution in [0.2, 0.25) is 0 Å². The molecule has 0 spiro atoms. The van der Waals surface area contributed by atoms with Crippen LogP contribution in [-0.2, 0) is 14.8 Å². The molecule has 0 atom stereocenters. The number of carbonyl (C=O) groups is 1. The Morgan fingerprint density at radius 2 is 1.81 bits per heavy atom. The average Bonchev–Trinajstić information content (AvgIpc) is 3.15. The number of sulfonamides is 1. The number of para-hydroxylation sites is 1. The molecule has 1 amide bonds. The molecule has 26 heavy (non-hydrogen) atoms. The summed E-state index contributed by atoms with van der Waals surface area (Å²) in [4.78, 5) is 14.8. The molecule has 1 saturated heterocycles. The largest absolute Gasteiger partial charge is 0.349 e. The number of hydrogen-bond donors (Lipinski definition) is 3. The second-order valence-corrected chi connectivity index (χ2v) is 8.44. The van der Waals surface area contributed by atoms with Gasteiger partial charge in [0.15, 0.2) is 0 Å².